The Morgan fingerprint density at radius 3 is 2.30 bits per heavy atom. The maximum Gasteiger partial charge on any atom is 0.0786 e. The quantitative estimate of drug-likeness (QED) is 0.248. The lowest BCUT2D eigenvalue weighted by Gasteiger charge is -2.13. The fourth-order valence-electron chi connectivity index (χ4n) is 4.91. The zero-order chi connectivity index (χ0) is 22.9. The molecular formula is C31H28N2. The Hall–Kier alpha value is -4.04. The van der Waals surface area contributed by atoms with Crippen LogP contribution in [0.3, 0.4) is 0 Å². The van der Waals surface area contributed by atoms with Crippen LogP contribution in [0.15, 0.2) is 104 Å². The van der Waals surface area contributed by atoms with Crippen LogP contribution < -0.4 is 0 Å². The molecule has 0 atom stereocenters. The van der Waals surface area contributed by atoms with Gasteiger partial charge in [-0.05, 0) is 56.7 Å². The van der Waals surface area contributed by atoms with Crippen LogP contribution in [0.4, 0.5) is 0 Å². The lowest BCUT2D eigenvalue weighted by atomic mass is 10.1. The van der Waals surface area contributed by atoms with E-state index in [1.165, 1.54) is 49.7 Å². The fourth-order valence-corrected chi connectivity index (χ4v) is 4.91. The van der Waals surface area contributed by atoms with Gasteiger partial charge in [0.05, 0.1) is 16.6 Å². The van der Waals surface area contributed by atoms with Gasteiger partial charge in [0.25, 0.3) is 0 Å². The van der Waals surface area contributed by atoms with Gasteiger partial charge < -0.3 is 9.13 Å². The minimum absolute atomic E-state index is 1.16. The fraction of sp³-hybridized carbons (Fsp3) is 0.0968. The van der Waals surface area contributed by atoms with Gasteiger partial charge in [-0.15, -0.1) is 0 Å². The molecule has 0 bridgehead atoms. The van der Waals surface area contributed by atoms with E-state index in [0.717, 1.165) is 5.70 Å². The Kier molecular flexibility index (Phi) is 5.35. The van der Waals surface area contributed by atoms with Gasteiger partial charge >= 0.3 is 0 Å². The molecule has 0 aliphatic heterocycles. The lowest BCUT2D eigenvalue weighted by Crippen LogP contribution is -2.00. The summed E-state index contributed by atoms with van der Waals surface area (Å²) in [6, 6.07) is 23.9. The molecule has 0 radical (unpaired) electrons. The van der Waals surface area contributed by atoms with Crippen molar-refractivity contribution in [2.75, 3.05) is 0 Å². The van der Waals surface area contributed by atoms with Gasteiger partial charge in [-0.3, -0.25) is 0 Å². The first kappa shape index (κ1) is 20.8. The average Bonchev–Trinajstić information content (AvgIpc) is 3.32. The van der Waals surface area contributed by atoms with Crippen molar-refractivity contribution in [3.05, 3.63) is 115 Å². The highest BCUT2D eigenvalue weighted by Gasteiger charge is 2.21. The summed E-state index contributed by atoms with van der Waals surface area (Å²) in [5.41, 5.74) is 8.53. The molecule has 0 aliphatic carbocycles. The molecule has 2 nitrogen and oxygen atoms in total. The number of benzene rings is 3. The summed E-state index contributed by atoms with van der Waals surface area (Å²) in [4.78, 5) is 0. The summed E-state index contributed by atoms with van der Waals surface area (Å²) in [6.45, 7) is 10.3. The summed E-state index contributed by atoms with van der Waals surface area (Å²) in [5.74, 6) is 0. The number of aryl methyl sites for hydroxylation is 1. The topological polar surface area (TPSA) is 9.86 Å². The van der Waals surface area contributed by atoms with E-state index < -0.39 is 0 Å². The molecular weight excluding hydrogens is 400 g/mol. The zero-order valence-corrected chi connectivity index (χ0v) is 19.4. The largest absolute Gasteiger partial charge is 0.311 e. The molecule has 0 aliphatic rings. The summed E-state index contributed by atoms with van der Waals surface area (Å²) in [7, 11) is 0. The van der Waals surface area contributed by atoms with Gasteiger partial charge in [0, 0.05) is 33.2 Å². The van der Waals surface area contributed by atoms with Crippen molar-refractivity contribution in [1.82, 2.24) is 9.13 Å². The number of hydrogen-bond donors (Lipinski definition) is 0. The maximum atomic E-state index is 3.80. The van der Waals surface area contributed by atoms with Crippen molar-refractivity contribution < 1.29 is 0 Å². The Morgan fingerprint density at radius 1 is 0.818 bits per heavy atom. The van der Waals surface area contributed by atoms with E-state index in [1.54, 1.807) is 6.08 Å². The Bertz CT molecular complexity index is 1580. The molecule has 162 valence electrons. The lowest BCUT2D eigenvalue weighted by molar-refractivity contribution is 1.09. The van der Waals surface area contributed by atoms with E-state index in [1.807, 2.05) is 6.08 Å². The second-order valence-corrected chi connectivity index (χ2v) is 8.32. The zero-order valence-electron chi connectivity index (χ0n) is 19.4. The molecule has 2 heteroatoms. The molecule has 5 rings (SSSR count). The highest BCUT2D eigenvalue weighted by molar-refractivity contribution is 6.19. The second-order valence-electron chi connectivity index (χ2n) is 8.32. The number of fused-ring (bicyclic) bond motifs is 5. The smallest absolute Gasteiger partial charge is 0.0786 e. The molecule has 2 heterocycles. The predicted octanol–water partition coefficient (Wildman–Crippen LogP) is 8.68. The minimum atomic E-state index is 1.16. The van der Waals surface area contributed by atoms with Gasteiger partial charge in [-0.1, -0.05) is 79.4 Å². The average molecular weight is 429 g/mol. The molecule has 0 spiro atoms. The highest BCUT2D eigenvalue weighted by atomic mass is 15.0. The molecule has 0 fully saturated rings. The van der Waals surface area contributed by atoms with E-state index in [0.29, 0.717) is 0 Å². The first-order valence-corrected chi connectivity index (χ1v) is 11.4. The van der Waals surface area contributed by atoms with Crippen molar-refractivity contribution in [1.29, 1.82) is 0 Å². The van der Waals surface area contributed by atoms with E-state index in [2.05, 4.69) is 128 Å². The third kappa shape index (κ3) is 3.27. The Balaban J connectivity index is 2.04. The van der Waals surface area contributed by atoms with Crippen LogP contribution in [0.5, 0.6) is 0 Å². The van der Waals surface area contributed by atoms with Crippen LogP contribution >= 0.6 is 0 Å². The van der Waals surface area contributed by atoms with Crippen LogP contribution in [-0.4, -0.2) is 9.13 Å². The number of allylic oxidation sites excluding steroid dienone is 6. The van der Waals surface area contributed by atoms with Crippen molar-refractivity contribution in [2.24, 2.45) is 0 Å². The van der Waals surface area contributed by atoms with Gasteiger partial charge in [0.2, 0.25) is 0 Å². The van der Waals surface area contributed by atoms with Gasteiger partial charge in [-0.2, -0.15) is 0 Å². The number of rotatable bonds is 5. The van der Waals surface area contributed by atoms with Crippen LogP contribution in [0, 0.1) is 6.92 Å². The van der Waals surface area contributed by atoms with Crippen LogP contribution in [0.1, 0.15) is 25.1 Å². The van der Waals surface area contributed by atoms with Gasteiger partial charge in [0.15, 0.2) is 0 Å². The predicted molar refractivity (Wildman–Crippen MR) is 145 cm³/mol. The molecule has 0 saturated heterocycles. The first-order valence-electron chi connectivity index (χ1n) is 11.4. The molecule has 2 aromatic heterocycles. The van der Waals surface area contributed by atoms with Crippen LogP contribution in [-0.2, 0) is 0 Å². The van der Waals surface area contributed by atoms with Crippen LogP contribution in [0.2, 0.25) is 0 Å². The van der Waals surface area contributed by atoms with Crippen molar-refractivity contribution in [3.63, 3.8) is 0 Å². The third-order valence-electron chi connectivity index (χ3n) is 6.34. The van der Waals surface area contributed by atoms with Gasteiger partial charge in [-0.25, -0.2) is 0 Å². The Labute approximate surface area is 195 Å². The van der Waals surface area contributed by atoms with E-state index >= 15 is 0 Å². The van der Waals surface area contributed by atoms with Crippen molar-refractivity contribution in [3.8, 4) is 5.69 Å². The van der Waals surface area contributed by atoms with E-state index in [-0.39, 0.29) is 0 Å². The summed E-state index contributed by atoms with van der Waals surface area (Å²) in [6.07, 6.45) is 12.3. The van der Waals surface area contributed by atoms with Gasteiger partial charge in [0.1, 0.15) is 0 Å². The van der Waals surface area contributed by atoms with E-state index in [9.17, 15) is 0 Å². The monoisotopic (exact) mass is 428 g/mol. The molecule has 0 amide bonds. The van der Waals surface area contributed by atoms with E-state index in [4.69, 9.17) is 0 Å². The van der Waals surface area contributed by atoms with Crippen molar-refractivity contribution >= 4 is 44.5 Å². The Morgan fingerprint density at radius 2 is 1.55 bits per heavy atom. The summed E-state index contributed by atoms with van der Waals surface area (Å²) >= 11 is 0. The number of para-hydroxylation sites is 2. The van der Waals surface area contributed by atoms with Crippen molar-refractivity contribution in [2.45, 2.75) is 20.8 Å². The molecule has 0 unspecified atom stereocenters. The molecule has 33 heavy (non-hydrogen) atoms. The molecule has 3 aromatic carbocycles. The second kappa shape index (κ2) is 8.48. The highest BCUT2D eigenvalue weighted by Crippen LogP contribution is 2.40. The number of aromatic nitrogens is 2. The minimum Gasteiger partial charge on any atom is -0.311 e. The third-order valence-corrected chi connectivity index (χ3v) is 6.34. The normalized spacial score (nSPS) is 12.8. The molecule has 0 saturated carbocycles. The standard InChI is InChI=1S/C31H28N2/c1-5-7-9-15-22(3)32-29-19-13-12-18-26(29)27-21-20-25-23(4)28(14-6-2)33(30(25)31(27)32)24-16-10-8-11-17-24/h5-21H,1H2,2-4H3/b9-7-,14-6-,22-15+. The molecule has 5 aromatic rings. The molecule has 0 N–H and O–H groups in total. The van der Waals surface area contributed by atoms with Crippen LogP contribution in [0.25, 0.3) is 50.2 Å². The summed E-state index contributed by atoms with van der Waals surface area (Å²) < 4.78 is 4.81. The SMILES string of the molecule is C=C/C=C\C=C(/C)n1c2ccccc2c2ccc3c(C)c(/C=C\C)n(-c4ccccc4)c3c21. The number of nitrogens with zero attached hydrogens (tertiary/aromatic N) is 2. The maximum absolute atomic E-state index is 3.80. The number of hydrogen-bond acceptors (Lipinski definition) is 0. The first-order chi connectivity index (χ1) is 16.2. The summed E-state index contributed by atoms with van der Waals surface area (Å²) in [5, 5.41) is 3.80.